The van der Waals surface area contributed by atoms with E-state index in [2.05, 4.69) is 95.2 Å². The van der Waals surface area contributed by atoms with Crippen LogP contribution in [0.1, 0.15) is 49.9 Å². The van der Waals surface area contributed by atoms with Gasteiger partial charge in [-0.15, -0.1) is 4.13 Å². The smallest absolute Gasteiger partial charge is 0.372 e. The first kappa shape index (κ1) is 44.5. The highest BCUT2D eigenvalue weighted by atomic mass is 32.3. The van der Waals surface area contributed by atoms with E-state index in [1.807, 2.05) is 24.3 Å². The lowest BCUT2D eigenvalue weighted by Gasteiger charge is -2.24. The minimum absolute atomic E-state index is 0.134. The van der Waals surface area contributed by atoms with Gasteiger partial charge in [-0.25, -0.2) is 25.6 Å². The van der Waals surface area contributed by atoms with Gasteiger partial charge in [-0.05, 0) is 85.9 Å². The van der Waals surface area contributed by atoms with E-state index in [4.69, 9.17) is 0 Å². The fourth-order valence-corrected chi connectivity index (χ4v) is 9.94. The Bertz CT molecular complexity index is 2210. The molecule has 0 amide bonds. The predicted molar refractivity (Wildman–Crippen MR) is 209 cm³/mol. The molecule has 0 heterocycles. The second kappa shape index (κ2) is 18.0. The molecule has 0 spiro atoms. The minimum Gasteiger partial charge on any atom is -0.372 e. The summed E-state index contributed by atoms with van der Waals surface area (Å²) in [4.78, 5) is 8.91. The molecule has 1 N–H and O–H groups in total. The van der Waals surface area contributed by atoms with E-state index in [0.29, 0.717) is 11.3 Å². The summed E-state index contributed by atoms with van der Waals surface area (Å²) in [5.41, 5.74) is 1.78. The van der Waals surface area contributed by atoms with Crippen LogP contribution in [0.15, 0.2) is 89.9 Å². The lowest BCUT2D eigenvalue weighted by molar-refractivity contribution is -0.0442. The molecule has 19 heteroatoms. The van der Waals surface area contributed by atoms with Crippen LogP contribution in [0.3, 0.4) is 0 Å². The third kappa shape index (κ3) is 11.2. The minimum atomic E-state index is -6.55. The van der Waals surface area contributed by atoms with Crippen LogP contribution in [0.5, 0.6) is 0 Å². The Kier molecular flexibility index (Phi) is 14.3. The first-order valence-electron chi connectivity index (χ1n) is 17.5. The van der Waals surface area contributed by atoms with Crippen molar-refractivity contribution in [2.24, 2.45) is 4.99 Å². The van der Waals surface area contributed by atoms with Crippen LogP contribution in [0.25, 0.3) is 11.1 Å². The first-order chi connectivity index (χ1) is 26.2. The lowest BCUT2D eigenvalue weighted by atomic mass is 9.83. The molecular weight excluding hydrogens is 804 g/mol. The topological polar surface area (TPSA) is 143 Å². The van der Waals surface area contributed by atoms with Crippen molar-refractivity contribution in [2.45, 2.75) is 39.1 Å². The number of aliphatic imine (C=N–C) groups is 1. The Labute approximate surface area is 324 Å². The summed E-state index contributed by atoms with van der Waals surface area (Å²) in [7, 11) is -17.6. The van der Waals surface area contributed by atoms with E-state index in [9.17, 15) is 47.2 Å². The zero-order valence-electron chi connectivity index (χ0n) is 31.1. The number of hydrogen-bond acceptors (Lipinski definition) is 10. The van der Waals surface area contributed by atoms with Crippen molar-refractivity contribution >= 4 is 58.4 Å². The molecule has 3 aromatic rings. The number of rotatable bonds is 18. The van der Waals surface area contributed by atoms with Gasteiger partial charge in [0.15, 0.2) is 0 Å². The van der Waals surface area contributed by atoms with Gasteiger partial charge in [-0.3, -0.25) is 9.18 Å². The summed E-state index contributed by atoms with van der Waals surface area (Å²) in [5, 5.41) is 0. The predicted octanol–water partition coefficient (Wildman–Crippen LogP) is 6.45. The number of sulfonamides is 2. The van der Waals surface area contributed by atoms with Gasteiger partial charge in [-0.2, -0.15) is 21.6 Å². The molecule has 0 unspecified atom stereocenters. The fraction of sp³-hybridized carbons (Fsp3) is 0.378. The van der Waals surface area contributed by atoms with E-state index in [1.54, 1.807) is 12.1 Å². The van der Waals surface area contributed by atoms with E-state index in [-0.39, 0.29) is 10.7 Å². The number of halogens is 5. The van der Waals surface area contributed by atoms with Gasteiger partial charge in [0.2, 0.25) is 10.0 Å². The number of alkyl halides is 5. The maximum atomic E-state index is 14.4. The highest BCUT2D eigenvalue weighted by molar-refractivity contribution is 8.05. The second-order valence-corrected chi connectivity index (χ2v) is 17.8. The largest absolute Gasteiger partial charge is 0.512 e. The first-order valence-corrected chi connectivity index (χ1v) is 22.2. The number of benzene rings is 3. The molecule has 3 aromatic carbocycles. The Balaban J connectivity index is 1.60. The summed E-state index contributed by atoms with van der Waals surface area (Å²) in [5.74, 6) is -9.55. The molecule has 4 rings (SSSR count). The number of hydrogen-bond donors (Lipinski definition) is 1. The van der Waals surface area contributed by atoms with E-state index in [0.717, 1.165) is 65.4 Å². The number of nitrogens with zero attached hydrogens (tertiary/aromatic N) is 3. The van der Waals surface area contributed by atoms with Crippen LogP contribution in [-0.4, -0.2) is 93.2 Å². The van der Waals surface area contributed by atoms with E-state index < -0.39 is 59.7 Å². The van der Waals surface area contributed by atoms with Crippen molar-refractivity contribution in [2.75, 3.05) is 60.6 Å². The zero-order chi connectivity index (χ0) is 41.5. The molecule has 0 bridgehead atoms. The van der Waals surface area contributed by atoms with Gasteiger partial charge >= 0.3 is 15.5 Å². The van der Waals surface area contributed by atoms with Crippen molar-refractivity contribution in [3.8, 4) is 0 Å². The van der Waals surface area contributed by atoms with Crippen LogP contribution in [-0.2, 0) is 34.3 Å². The summed E-state index contributed by atoms with van der Waals surface area (Å²) in [6.45, 7) is 10.7. The number of fused-ring (bicyclic) bond motifs is 1. The highest BCUT2D eigenvalue weighted by Gasteiger charge is 2.50. The standard InChI is InChI=1S/C37H43F5N4O7S3/c1-5-45(6-2)29-17-13-27(14-18-29)35(28-15-19-30(20-16-28)46(7-3)8-4)33-21-22-34(32-12-10-9-11-31(32)33)43-23-24-53-55(49,50)26-36(38,39)25-54(47,48)44-56(51,52)37(40,41)42/h9-22,44H,5-8,23-26H2,1-4H3. The quantitative estimate of drug-likeness (QED) is 0.0869. The molecule has 1 aliphatic carbocycles. The van der Waals surface area contributed by atoms with Gasteiger partial charge < -0.3 is 9.80 Å². The molecule has 0 saturated carbocycles. The molecule has 1 aliphatic rings. The maximum Gasteiger partial charge on any atom is 0.512 e. The van der Waals surface area contributed by atoms with Crippen LogP contribution in [0, 0.1) is 0 Å². The Morgan fingerprint density at radius 3 is 1.62 bits per heavy atom. The molecule has 0 aliphatic heterocycles. The molecular formula is C37H43F5N4O7S3. The SMILES string of the molecule is CCN(CC)c1ccc(C(=C2C=CC(=NCCOS(=O)(=O)CC(F)(F)CS(=O)(=O)NS(=O)(=O)C(F)(F)F)c3ccccc32)c2ccc(N(CC)CC)cc2)cc1. The molecule has 0 aromatic heterocycles. The summed E-state index contributed by atoms with van der Waals surface area (Å²) < 4.78 is 141. The van der Waals surface area contributed by atoms with Crippen LogP contribution in [0.2, 0.25) is 0 Å². The van der Waals surface area contributed by atoms with Crippen molar-refractivity contribution in [3.63, 3.8) is 0 Å². The lowest BCUT2D eigenvalue weighted by Crippen LogP contribution is -2.46. The molecule has 11 nitrogen and oxygen atoms in total. The average Bonchev–Trinajstić information content (AvgIpc) is 3.11. The Morgan fingerprint density at radius 2 is 1.16 bits per heavy atom. The average molecular weight is 847 g/mol. The van der Waals surface area contributed by atoms with Crippen molar-refractivity contribution < 1.29 is 51.4 Å². The monoisotopic (exact) mass is 846 g/mol. The van der Waals surface area contributed by atoms with Gasteiger partial charge in [-0.1, -0.05) is 54.6 Å². The van der Waals surface area contributed by atoms with Crippen molar-refractivity contribution in [1.82, 2.24) is 4.13 Å². The fourth-order valence-electron chi connectivity index (χ4n) is 6.17. The molecule has 0 saturated heterocycles. The summed E-state index contributed by atoms with van der Waals surface area (Å²) in [6, 6.07) is 24.0. The third-order valence-corrected chi connectivity index (χ3v) is 13.3. The number of allylic oxidation sites excluding steroid dienone is 3. The maximum absolute atomic E-state index is 14.4. The molecule has 0 radical (unpaired) electrons. The Hall–Kier alpha value is -4.17. The van der Waals surface area contributed by atoms with Gasteiger partial charge in [0.25, 0.3) is 16.0 Å². The Morgan fingerprint density at radius 1 is 0.679 bits per heavy atom. The molecule has 0 fully saturated rings. The molecule has 56 heavy (non-hydrogen) atoms. The zero-order valence-corrected chi connectivity index (χ0v) is 33.5. The molecule has 0 atom stereocenters. The van der Waals surface area contributed by atoms with Crippen LogP contribution in [0.4, 0.5) is 33.3 Å². The number of nitrogens with one attached hydrogen (secondary N) is 1. The summed E-state index contributed by atoms with van der Waals surface area (Å²) in [6.07, 6.45) is 3.63. The highest BCUT2D eigenvalue weighted by Crippen LogP contribution is 2.38. The van der Waals surface area contributed by atoms with Gasteiger partial charge in [0, 0.05) is 43.1 Å². The van der Waals surface area contributed by atoms with Crippen molar-refractivity contribution in [1.29, 1.82) is 0 Å². The molecule has 306 valence electrons. The normalized spacial score (nSPS) is 14.5. The second-order valence-electron chi connectivity index (χ2n) is 12.5. The van der Waals surface area contributed by atoms with Crippen molar-refractivity contribution in [3.05, 3.63) is 107 Å². The third-order valence-electron chi connectivity index (χ3n) is 8.71. The van der Waals surface area contributed by atoms with Crippen LogP contribution < -0.4 is 13.9 Å². The number of anilines is 2. The van der Waals surface area contributed by atoms with Gasteiger partial charge in [0.1, 0.15) is 11.5 Å². The van der Waals surface area contributed by atoms with E-state index in [1.165, 1.54) is 0 Å². The van der Waals surface area contributed by atoms with Gasteiger partial charge in [0.05, 0.1) is 18.9 Å². The van der Waals surface area contributed by atoms with E-state index >= 15 is 0 Å². The van der Waals surface area contributed by atoms with Crippen LogP contribution >= 0.6 is 0 Å². The summed E-state index contributed by atoms with van der Waals surface area (Å²) >= 11 is 0.